The van der Waals surface area contributed by atoms with Crippen molar-refractivity contribution < 1.29 is 4.39 Å². The van der Waals surface area contributed by atoms with Crippen molar-refractivity contribution in [3.05, 3.63) is 52.1 Å². The van der Waals surface area contributed by atoms with Gasteiger partial charge in [0.15, 0.2) is 0 Å². The number of halogens is 1. The molecule has 3 nitrogen and oxygen atoms in total. The summed E-state index contributed by atoms with van der Waals surface area (Å²) in [6.45, 7) is 2.77. The molecule has 0 unspecified atom stereocenters. The lowest BCUT2D eigenvalue weighted by Gasteiger charge is -2.05. The van der Waals surface area contributed by atoms with Gasteiger partial charge in [-0.05, 0) is 24.1 Å². The molecule has 0 bridgehead atoms. The van der Waals surface area contributed by atoms with Crippen LogP contribution in [0.2, 0.25) is 0 Å². The van der Waals surface area contributed by atoms with Crippen molar-refractivity contribution >= 4 is 21.6 Å². The van der Waals surface area contributed by atoms with Crippen LogP contribution in [0.1, 0.15) is 19.8 Å². The lowest BCUT2D eigenvalue weighted by molar-refractivity contribution is 0.609. The number of aromatic nitrogens is 2. The Hall–Kier alpha value is -2.01. The monoisotopic (exact) mass is 302 g/mol. The fourth-order valence-electron chi connectivity index (χ4n) is 2.30. The maximum atomic E-state index is 13.0. The van der Waals surface area contributed by atoms with Gasteiger partial charge < -0.3 is 0 Å². The Kier molecular flexibility index (Phi) is 3.84. The largest absolute Gasteiger partial charge is 0.299 e. The molecule has 1 aromatic carbocycles. The van der Waals surface area contributed by atoms with Crippen molar-refractivity contribution in [1.82, 2.24) is 9.55 Å². The van der Waals surface area contributed by atoms with Crippen molar-refractivity contribution in [2.24, 2.45) is 0 Å². The van der Waals surface area contributed by atoms with Crippen molar-refractivity contribution in [1.29, 1.82) is 0 Å². The van der Waals surface area contributed by atoms with E-state index in [0.29, 0.717) is 11.9 Å². The third-order valence-corrected chi connectivity index (χ3v) is 4.35. The van der Waals surface area contributed by atoms with Gasteiger partial charge in [-0.1, -0.05) is 25.5 Å². The van der Waals surface area contributed by atoms with E-state index in [-0.39, 0.29) is 11.4 Å². The van der Waals surface area contributed by atoms with E-state index >= 15 is 0 Å². The summed E-state index contributed by atoms with van der Waals surface area (Å²) in [5.74, 6) is -0.281. The summed E-state index contributed by atoms with van der Waals surface area (Å²) in [4.78, 5) is 17.7. The number of unbranched alkanes of at least 4 members (excludes halogenated alkanes) is 1. The quantitative estimate of drug-likeness (QED) is 0.728. The Bertz CT molecular complexity index is 820. The molecule has 0 aliphatic rings. The molecule has 0 atom stereocenters. The molecule has 2 aromatic heterocycles. The van der Waals surface area contributed by atoms with Crippen molar-refractivity contribution in [2.45, 2.75) is 26.3 Å². The molecule has 5 heteroatoms. The highest BCUT2D eigenvalue weighted by Gasteiger charge is 2.13. The summed E-state index contributed by atoms with van der Waals surface area (Å²) in [6.07, 6.45) is 3.59. The van der Waals surface area contributed by atoms with E-state index in [1.165, 1.54) is 23.5 Å². The number of benzene rings is 1. The normalized spacial score (nSPS) is 11.1. The zero-order valence-electron chi connectivity index (χ0n) is 11.7. The minimum atomic E-state index is -0.281. The number of aryl methyl sites for hydroxylation is 1. The zero-order valence-corrected chi connectivity index (χ0v) is 12.5. The van der Waals surface area contributed by atoms with Crippen LogP contribution in [-0.2, 0) is 6.54 Å². The molecule has 0 aliphatic carbocycles. The first-order valence-corrected chi connectivity index (χ1v) is 7.81. The van der Waals surface area contributed by atoms with Crippen LogP contribution in [0.25, 0.3) is 21.3 Å². The van der Waals surface area contributed by atoms with Gasteiger partial charge in [0.25, 0.3) is 5.56 Å². The number of hydrogen-bond acceptors (Lipinski definition) is 3. The number of nitrogens with zero attached hydrogens (tertiary/aromatic N) is 2. The molecule has 21 heavy (non-hydrogen) atoms. The average molecular weight is 302 g/mol. The molecule has 3 aromatic rings. The summed E-state index contributed by atoms with van der Waals surface area (Å²) in [5.41, 5.74) is 1.65. The number of hydrogen-bond donors (Lipinski definition) is 0. The first kappa shape index (κ1) is 13.9. The molecule has 0 amide bonds. The molecule has 2 heterocycles. The van der Waals surface area contributed by atoms with E-state index < -0.39 is 0 Å². The fraction of sp³-hybridized carbons (Fsp3) is 0.250. The second-order valence-electron chi connectivity index (χ2n) is 4.93. The minimum Gasteiger partial charge on any atom is -0.299 e. The molecule has 0 spiro atoms. The van der Waals surface area contributed by atoms with Gasteiger partial charge in [0.2, 0.25) is 0 Å². The average Bonchev–Trinajstić information content (AvgIpc) is 2.92. The van der Waals surface area contributed by atoms with Gasteiger partial charge in [-0.25, -0.2) is 9.37 Å². The van der Waals surface area contributed by atoms with Gasteiger partial charge in [-0.3, -0.25) is 9.36 Å². The van der Waals surface area contributed by atoms with Crippen LogP contribution in [0.3, 0.4) is 0 Å². The summed E-state index contributed by atoms with van der Waals surface area (Å²) in [6, 6.07) is 6.20. The second kappa shape index (κ2) is 5.77. The van der Waals surface area contributed by atoms with Gasteiger partial charge in [-0.15, -0.1) is 11.3 Å². The highest BCUT2D eigenvalue weighted by Crippen LogP contribution is 2.30. The summed E-state index contributed by atoms with van der Waals surface area (Å²) in [7, 11) is 0. The number of fused-ring (bicyclic) bond motifs is 1. The maximum absolute atomic E-state index is 13.0. The SMILES string of the molecule is CCCCn1cnc2scc(-c3ccc(F)cc3)c2c1=O. The molecule has 0 aliphatic heterocycles. The Morgan fingerprint density at radius 2 is 2.05 bits per heavy atom. The predicted octanol–water partition coefficient (Wildman–Crippen LogP) is 4.06. The summed E-state index contributed by atoms with van der Waals surface area (Å²) >= 11 is 1.44. The predicted molar refractivity (Wildman–Crippen MR) is 84.2 cm³/mol. The van der Waals surface area contributed by atoms with Crippen LogP contribution in [-0.4, -0.2) is 9.55 Å². The maximum Gasteiger partial charge on any atom is 0.262 e. The highest BCUT2D eigenvalue weighted by molar-refractivity contribution is 7.17. The van der Waals surface area contributed by atoms with Gasteiger partial charge in [0.05, 0.1) is 11.7 Å². The highest BCUT2D eigenvalue weighted by atomic mass is 32.1. The molecule has 0 fully saturated rings. The molecular formula is C16H15FN2OS. The van der Waals surface area contributed by atoms with Gasteiger partial charge >= 0.3 is 0 Å². The molecule has 0 saturated carbocycles. The minimum absolute atomic E-state index is 0.0194. The Balaban J connectivity index is 2.15. The lowest BCUT2D eigenvalue weighted by atomic mass is 10.1. The van der Waals surface area contributed by atoms with Crippen LogP contribution < -0.4 is 5.56 Å². The third kappa shape index (κ3) is 2.61. The standard InChI is InChI=1S/C16H15FN2OS/c1-2-3-8-19-10-18-15-14(16(19)20)13(9-21-15)11-4-6-12(17)7-5-11/h4-7,9-10H,2-3,8H2,1H3. The van der Waals surface area contributed by atoms with Gasteiger partial charge in [0.1, 0.15) is 10.6 Å². The van der Waals surface area contributed by atoms with E-state index in [0.717, 1.165) is 28.8 Å². The third-order valence-electron chi connectivity index (χ3n) is 3.47. The Morgan fingerprint density at radius 3 is 2.76 bits per heavy atom. The van der Waals surface area contributed by atoms with Crippen LogP contribution in [0.4, 0.5) is 4.39 Å². The van der Waals surface area contributed by atoms with Crippen LogP contribution in [0.15, 0.2) is 40.8 Å². The molecular weight excluding hydrogens is 287 g/mol. The van der Waals surface area contributed by atoms with Crippen molar-refractivity contribution in [2.75, 3.05) is 0 Å². The number of rotatable bonds is 4. The second-order valence-corrected chi connectivity index (χ2v) is 5.79. The van der Waals surface area contributed by atoms with E-state index in [4.69, 9.17) is 0 Å². The Labute approximate surface area is 125 Å². The zero-order chi connectivity index (χ0) is 14.8. The van der Waals surface area contributed by atoms with Crippen LogP contribution in [0.5, 0.6) is 0 Å². The fourth-order valence-corrected chi connectivity index (χ4v) is 3.20. The number of thiophene rings is 1. The van der Waals surface area contributed by atoms with Crippen LogP contribution >= 0.6 is 11.3 Å². The lowest BCUT2D eigenvalue weighted by Crippen LogP contribution is -2.20. The van der Waals surface area contributed by atoms with Crippen molar-refractivity contribution in [3.8, 4) is 11.1 Å². The molecule has 108 valence electrons. The molecule has 0 N–H and O–H groups in total. The summed E-state index contributed by atoms with van der Waals surface area (Å²) < 4.78 is 14.7. The van der Waals surface area contributed by atoms with Gasteiger partial charge in [0, 0.05) is 17.5 Å². The first-order valence-electron chi connectivity index (χ1n) is 6.93. The molecule has 0 radical (unpaired) electrons. The van der Waals surface area contributed by atoms with E-state index in [1.807, 2.05) is 5.38 Å². The van der Waals surface area contributed by atoms with Crippen molar-refractivity contribution in [3.63, 3.8) is 0 Å². The smallest absolute Gasteiger partial charge is 0.262 e. The van der Waals surface area contributed by atoms with E-state index in [2.05, 4.69) is 11.9 Å². The van der Waals surface area contributed by atoms with Crippen LogP contribution in [0, 0.1) is 5.82 Å². The van der Waals surface area contributed by atoms with E-state index in [9.17, 15) is 9.18 Å². The Morgan fingerprint density at radius 1 is 1.29 bits per heavy atom. The van der Waals surface area contributed by atoms with E-state index in [1.54, 1.807) is 23.0 Å². The first-order chi connectivity index (χ1) is 10.2. The summed E-state index contributed by atoms with van der Waals surface area (Å²) in [5, 5.41) is 2.54. The molecule has 3 rings (SSSR count). The molecule has 0 saturated heterocycles. The van der Waals surface area contributed by atoms with Gasteiger partial charge in [-0.2, -0.15) is 0 Å². The topological polar surface area (TPSA) is 34.9 Å².